The lowest BCUT2D eigenvalue weighted by Crippen LogP contribution is -2.42. The van der Waals surface area contributed by atoms with Gasteiger partial charge in [-0.3, -0.25) is 4.79 Å². The Morgan fingerprint density at radius 3 is 2.00 bits per heavy atom. The van der Waals surface area contributed by atoms with E-state index >= 15 is 0 Å². The number of nitrogens with two attached hydrogens (primary N) is 1. The molecule has 2 N–H and O–H groups in total. The van der Waals surface area contributed by atoms with Gasteiger partial charge in [-0.05, 0) is 49.9 Å². The molecule has 2 saturated carbocycles. The van der Waals surface area contributed by atoms with Crippen molar-refractivity contribution in [3.05, 3.63) is 0 Å². The van der Waals surface area contributed by atoms with Gasteiger partial charge in [0.1, 0.15) is 0 Å². The first-order chi connectivity index (χ1) is 8.60. The number of carbonyl (C=O) groups is 1. The highest BCUT2D eigenvalue weighted by Crippen LogP contribution is 2.34. The van der Waals surface area contributed by atoms with Crippen LogP contribution in [0.5, 0.6) is 0 Å². The maximum absolute atomic E-state index is 12.6. The summed E-state index contributed by atoms with van der Waals surface area (Å²) < 4.78 is 0. The van der Waals surface area contributed by atoms with E-state index in [1.54, 1.807) is 0 Å². The summed E-state index contributed by atoms with van der Waals surface area (Å²) in [7, 11) is 0. The Hall–Kier alpha value is -0.570. The molecule has 0 aromatic carbocycles. The monoisotopic (exact) mass is 252 g/mol. The second-order valence-corrected chi connectivity index (χ2v) is 6.69. The summed E-state index contributed by atoms with van der Waals surface area (Å²) in [5.74, 6) is 2.48. The Morgan fingerprint density at radius 1 is 1.17 bits per heavy atom. The van der Waals surface area contributed by atoms with Crippen LogP contribution in [0.25, 0.3) is 0 Å². The predicted octanol–water partition coefficient (Wildman–Crippen LogP) is 2.26. The Kier molecular flexibility index (Phi) is 4.66. The highest BCUT2D eigenvalue weighted by Gasteiger charge is 2.33. The maximum Gasteiger partial charge on any atom is 0.226 e. The molecule has 2 rings (SSSR count). The molecular formula is C15H28N2O. The first kappa shape index (κ1) is 13.9. The molecule has 2 aliphatic carbocycles. The zero-order chi connectivity index (χ0) is 13.1. The zero-order valence-corrected chi connectivity index (χ0v) is 11.9. The third kappa shape index (κ3) is 4.27. The highest BCUT2D eigenvalue weighted by atomic mass is 16.2. The van der Waals surface area contributed by atoms with E-state index in [1.807, 2.05) is 0 Å². The van der Waals surface area contributed by atoms with Crippen LogP contribution >= 0.6 is 0 Å². The van der Waals surface area contributed by atoms with Gasteiger partial charge in [0.15, 0.2) is 0 Å². The van der Waals surface area contributed by atoms with Crippen LogP contribution in [0.3, 0.4) is 0 Å². The standard InChI is InChI=1S/C15H28N2O/c1-11(2)7-14(8-16)15(18)17(9-12-3-4-12)10-13-5-6-13/h11-14H,3-10,16H2,1-2H3. The molecule has 0 aromatic heterocycles. The third-order valence-electron chi connectivity index (χ3n) is 4.05. The molecule has 0 radical (unpaired) electrons. The molecular weight excluding hydrogens is 224 g/mol. The van der Waals surface area contributed by atoms with E-state index in [1.165, 1.54) is 25.7 Å². The van der Waals surface area contributed by atoms with E-state index in [-0.39, 0.29) is 5.92 Å². The summed E-state index contributed by atoms with van der Waals surface area (Å²) in [5.41, 5.74) is 5.81. The fourth-order valence-electron chi connectivity index (χ4n) is 2.60. The fourth-order valence-corrected chi connectivity index (χ4v) is 2.60. The van der Waals surface area contributed by atoms with Crippen molar-refractivity contribution < 1.29 is 4.79 Å². The molecule has 0 aliphatic heterocycles. The van der Waals surface area contributed by atoms with Crippen LogP contribution in [0.2, 0.25) is 0 Å². The van der Waals surface area contributed by atoms with E-state index in [2.05, 4.69) is 18.7 Å². The number of carbonyl (C=O) groups excluding carboxylic acids is 1. The van der Waals surface area contributed by atoms with Crippen LogP contribution in [-0.4, -0.2) is 30.4 Å². The topological polar surface area (TPSA) is 46.3 Å². The Balaban J connectivity index is 1.90. The van der Waals surface area contributed by atoms with Crippen molar-refractivity contribution >= 4 is 5.91 Å². The molecule has 3 heteroatoms. The summed E-state index contributed by atoms with van der Waals surface area (Å²) in [5, 5.41) is 0. The van der Waals surface area contributed by atoms with E-state index in [0.29, 0.717) is 18.4 Å². The summed E-state index contributed by atoms with van der Waals surface area (Å²) in [6.07, 6.45) is 6.18. The van der Waals surface area contributed by atoms with Crippen molar-refractivity contribution in [2.75, 3.05) is 19.6 Å². The Bertz CT molecular complexity index is 268. The van der Waals surface area contributed by atoms with Gasteiger partial charge in [-0.15, -0.1) is 0 Å². The van der Waals surface area contributed by atoms with Crippen molar-refractivity contribution in [1.82, 2.24) is 4.90 Å². The molecule has 104 valence electrons. The normalized spacial score (nSPS) is 21.1. The quantitative estimate of drug-likeness (QED) is 0.720. The molecule has 2 aliphatic rings. The highest BCUT2D eigenvalue weighted by molar-refractivity contribution is 5.79. The van der Waals surface area contributed by atoms with E-state index < -0.39 is 0 Å². The van der Waals surface area contributed by atoms with Gasteiger partial charge < -0.3 is 10.6 Å². The van der Waals surface area contributed by atoms with Crippen molar-refractivity contribution in [3.63, 3.8) is 0 Å². The minimum atomic E-state index is 0.0440. The minimum absolute atomic E-state index is 0.0440. The number of rotatable bonds is 8. The van der Waals surface area contributed by atoms with E-state index in [0.717, 1.165) is 31.3 Å². The SMILES string of the molecule is CC(C)CC(CN)C(=O)N(CC1CC1)CC1CC1. The molecule has 3 nitrogen and oxygen atoms in total. The molecule has 1 amide bonds. The van der Waals surface area contributed by atoms with E-state index in [4.69, 9.17) is 5.73 Å². The first-order valence-corrected chi connectivity index (χ1v) is 7.59. The molecule has 1 unspecified atom stereocenters. The largest absolute Gasteiger partial charge is 0.342 e. The smallest absolute Gasteiger partial charge is 0.226 e. The lowest BCUT2D eigenvalue weighted by molar-refractivity contribution is -0.136. The second kappa shape index (κ2) is 6.05. The molecule has 0 spiro atoms. The predicted molar refractivity (Wildman–Crippen MR) is 74.0 cm³/mol. The summed E-state index contributed by atoms with van der Waals surface area (Å²) in [6.45, 7) is 6.82. The van der Waals surface area contributed by atoms with Crippen LogP contribution in [0, 0.1) is 23.7 Å². The number of hydrogen-bond acceptors (Lipinski definition) is 2. The maximum atomic E-state index is 12.6. The van der Waals surface area contributed by atoms with Gasteiger partial charge in [0.05, 0.1) is 5.92 Å². The number of nitrogens with zero attached hydrogens (tertiary/aromatic N) is 1. The Morgan fingerprint density at radius 2 is 1.67 bits per heavy atom. The second-order valence-electron chi connectivity index (χ2n) is 6.69. The molecule has 0 saturated heterocycles. The molecule has 0 aromatic rings. The summed E-state index contributed by atoms with van der Waals surface area (Å²) in [6, 6.07) is 0. The fraction of sp³-hybridized carbons (Fsp3) is 0.933. The zero-order valence-electron chi connectivity index (χ0n) is 11.9. The third-order valence-corrected chi connectivity index (χ3v) is 4.05. The van der Waals surface area contributed by atoms with Gasteiger partial charge in [0.25, 0.3) is 0 Å². The van der Waals surface area contributed by atoms with Crippen molar-refractivity contribution in [2.45, 2.75) is 46.0 Å². The van der Waals surface area contributed by atoms with Crippen molar-refractivity contribution in [1.29, 1.82) is 0 Å². The average molecular weight is 252 g/mol. The van der Waals surface area contributed by atoms with E-state index in [9.17, 15) is 4.79 Å². The summed E-state index contributed by atoms with van der Waals surface area (Å²) in [4.78, 5) is 14.7. The molecule has 0 heterocycles. The van der Waals surface area contributed by atoms with Crippen LogP contribution in [0.4, 0.5) is 0 Å². The molecule has 18 heavy (non-hydrogen) atoms. The van der Waals surface area contributed by atoms with Crippen LogP contribution in [0.1, 0.15) is 46.0 Å². The molecule has 2 fully saturated rings. The van der Waals surface area contributed by atoms with Gasteiger partial charge in [0.2, 0.25) is 5.91 Å². The van der Waals surface area contributed by atoms with Crippen LogP contribution in [0.15, 0.2) is 0 Å². The van der Waals surface area contributed by atoms with Gasteiger partial charge >= 0.3 is 0 Å². The van der Waals surface area contributed by atoms with Gasteiger partial charge in [-0.2, -0.15) is 0 Å². The number of hydrogen-bond donors (Lipinski definition) is 1. The lowest BCUT2D eigenvalue weighted by atomic mass is 9.95. The van der Waals surface area contributed by atoms with Crippen molar-refractivity contribution in [2.24, 2.45) is 29.4 Å². The van der Waals surface area contributed by atoms with Gasteiger partial charge in [0, 0.05) is 19.6 Å². The van der Waals surface area contributed by atoms with Crippen LogP contribution in [-0.2, 0) is 4.79 Å². The number of amides is 1. The summed E-state index contributed by atoms with van der Waals surface area (Å²) >= 11 is 0. The first-order valence-electron chi connectivity index (χ1n) is 7.59. The lowest BCUT2D eigenvalue weighted by Gasteiger charge is -2.28. The van der Waals surface area contributed by atoms with Gasteiger partial charge in [-0.1, -0.05) is 13.8 Å². The van der Waals surface area contributed by atoms with Gasteiger partial charge in [-0.25, -0.2) is 0 Å². The molecule has 1 atom stereocenters. The molecule has 0 bridgehead atoms. The minimum Gasteiger partial charge on any atom is -0.342 e. The Labute approximate surface area is 111 Å². The van der Waals surface area contributed by atoms with Crippen molar-refractivity contribution in [3.8, 4) is 0 Å². The average Bonchev–Trinajstić information content (AvgIpc) is 3.18. The van der Waals surface area contributed by atoms with Crippen LogP contribution < -0.4 is 5.73 Å².